The number of hydrogen-bond acceptors (Lipinski definition) is 8. The van der Waals surface area contributed by atoms with Crippen LogP contribution in [0.3, 0.4) is 0 Å². The number of rotatable bonds is 4. The third-order valence-electron chi connectivity index (χ3n) is 4.20. The summed E-state index contributed by atoms with van der Waals surface area (Å²) in [6.07, 6.45) is -0.0273. The molecule has 0 aromatic carbocycles. The van der Waals surface area contributed by atoms with Crippen molar-refractivity contribution in [2.45, 2.75) is 38.4 Å². The largest absolute Gasteiger partial charge is 0.465 e. The summed E-state index contributed by atoms with van der Waals surface area (Å²) in [5, 5.41) is 10.6. The molecule has 0 amide bonds. The molecule has 23 heavy (non-hydrogen) atoms. The first kappa shape index (κ1) is 16.2. The minimum absolute atomic E-state index is 0.0319. The summed E-state index contributed by atoms with van der Waals surface area (Å²) in [5.74, 6) is -4.10. The first-order valence-electron chi connectivity index (χ1n) is 7.72. The second kappa shape index (κ2) is 6.10. The molecule has 3 aliphatic rings. The number of carbonyl (C=O) groups excluding carboxylic acids is 2. The van der Waals surface area contributed by atoms with Crippen molar-refractivity contribution < 1.29 is 38.4 Å². The molecule has 5 unspecified atom stereocenters. The summed E-state index contributed by atoms with van der Waals surface area (Å²) < 4.78 is 26.5. The van der Waals surface area contributed by atoms with E-state index in [-0.39, 0.29) is 38.1 Å². The lowest BCUT2D eigenvalue weighted by Gasteiger charge is -2.47. The lowest BCUT2D eigenvalue weighted by Crippen LogP contribution is -2.58. The van der Waals surface area contributed by atoms with Crippen LogP contribution in [0.2, 0.25) is 0 Å². The first-order chi connectivity index (χ1) is 11.0. The SMILES string of the molecule is CCOC(=O)/C=C1\OC2(O)CC(C3COC2O3)C1C(=O)OCC. The Kier molecular flexibility index (Phi) is 4.31. The second-order valence-corrected chi connectivity index (χ2v) is 5.68. The summed E-state index contributed by atoms with van der Waals surface area (Å²) >= 11 is 0. The van der Waals surface area contributed by atoms with Crippen LogP contribution in [0.5, 0.6) is 0 Å². The molecule has 3 rings (SSSR count). The highest BCUT2D eigenvalue weighted by Gasteiger charge is 2.62. The number of fused-ring (bicyclic) bond motifs is 6. The Balaban J connectivity index is 1.94. The van der Waals surface area contributed by atoms with Crippen molar-refractivity contribution in [2.75, 3.05) is 19.8 Å². The predicted octanol–water partition coefficient (Wildman–Crippen LogP) is 0.0929. The van der Waals surface area contributed by atoms with Crippen molar-refractivity contribution >= 4 is 11.9 Å². The van der Waals surface area contributed by atoms with Gasteiger partial charge in [0.05, 0.1) is 32.0 Å². The van der Waals surface area contributed by atoms with E-state index < -0.39 is 35.9 Å². The highest BCUT2D eigenvalue weighted by molar-refractivity contribution is 5.85. The van der Waals surface area contributed by atoms with Crippen molar-refractivity contribution in [1.82, 2.24) is 0 Å². The van der Waals surface area contributed by atoms with Crippen LogP contribution < -0.4 is 0 Å². The normalized spacial score (nSPS) is 39.7. The highest BCUT2D eigenvalue weighted by Crippen LogP contribution is 2.50. The molecule has 4 bridgehead atoms. The standard InChI is InChI=1S/C15H20O8/c1-3-19-11(16)5-9-12(13(17)20-4-2)8-6-15(18,23-9)14-21-7-10(8)22-14/h5,8,10,12,14,18H,3-4,6-7H2,1-2H3/b9-5-. The molecule has 3 fully saturated rings. The second-order valence-electron chi connectivity index (χ2n) is 5.68. The summed E-state index contributed by atoms with van der Waals surface area (Å²) in [6, 6.07) is 0. The van der Waals surface area contributed by atoms with Gasteiger partial charge >= 0.3 is 11.9 Å². The first-order valence-corrected chi connectivity index (χ1v) is 7.72. The molecule has 3 aliphatic heterocycles. The Bertz CT molecular complexity index is 530. The molecule has 8 nitrogen and oxygen atoms in total. The molecule has 5 atom stereocenters. The fourth-order valence-electron chi connectivity index (χ4n) is 3.29. The van der Waals surface area contributed by atoms with Crippen molar-refractivity contribution in [3.63, 3.8) is 0 Å². The zero-order valence-corrected chi connectivity index (χ0v) is 13.0. The van der Waals surface area contributed by atoms with Gasteiger partial charge in [-0.25, -0.2) is 4.79 Å². The average Bonchev–Trinajstić information content (AvgIpc) is 2.93. The smallest absolute Gasteiger partial charge is 0.334 e. The maximum absolute atomic E-state index is 12.4. The minimum atomic E-state index is -1.72. The van der Waals surface area contributed by atoms with Crippen LogP contribution in [0, 0.1) is 11.8 Å². The zero-order chi connectivity index (χ0) is 16.6. The fraction of sp³-hybridized carbons (Fsp3) is 0.733. The minimum Gasteiger partial charge on any atom is -0.465 e. The molecule has 1 N–H and O–H groups in total. The van der Waals surface area contributed by atoms with Gasteiger partial charge in [-0.3, -0.25) is 4.79 Å². The topological polar surface area (TPSA) is 101 Å². The Labute approximate surface area is 133 Å². The average molecular weight is 328 g/mol. The summed E-state index contributed by atoms with van der Waals surface area (Å²) in [4.78, 5) is 24.1. The quantitative estimate of drug-likeness (QED) is 0.572. The van der Waals surface area contributed by atoms with Gasteiger partial charge in [0.15, 0.2) is 0 Å². The van der Waals surface area contributed by atoms with Crippen LogP contribution in [-0.4, -0.2) is 55.0 Å². The van der Waals surface area contributed by atoms with E-state index in [2.05, 4.69) is 0 Å². The Hall–Kier alpha value is -1.64. The van der Waals surface area contributed by atoms with Crippen LogP contribution in [0.15, 0.2) is 11.8 Å². The van der Waals surface area contributed by atoms with Crippen LogP contribution in [0.1, 0.15) is 20.3 Å². The van der Waals surface area contributed by atoms with Crippen LogP contribution in [0.4, 0.5) is 0 Å². The zero-order valence-electron chi connectivity index (χ0n) is 13.0. The van der Waals surface area contributed by atoms with E-state index in [9.17, 15) is 14.7 Å². The van der Waals surface area contributed by atoms with E-state index in [1.54, 1.807) is 13.8 Å². The Morgan fingerprint density at radius 1 is 1.35 bits per heavy atom. The molecule has 8 heteroatoms. The van der Waals surface area contributed by atoms with Crippen LogP contribution >= 0.6 is 0 Å². The molecule has 0 saturated carbocycles. The van der Waals surface area contributed by atoms with Gasteiger partial charge in [-0.15, -0.1) is 0 Å². The van der Waals surface area contributed by atoms with Gasteiger partial charge in [-0.1, -0.05) is 0 Å². The lowest BCUT2D eigenvalue weighted by molar-refractivity contribution is -0.344. The molecule has 0 spiro atoms. The van der Waals surface area contributed by atoms with Gasteiger partial charge in [0.25, 0.3) is 5.79 Å². The van der Waals surface area contributed by atoms with Crippen molar-refractivity contribution in [1.29, 1.82) is 0 Å². The van der Waals surface area contributed by atoms with Crippen LogP contribution in [0.25, 0.3) is 0 Å². The molecule has 128 valence electrons. The molecule has 0 aromatic rings. The molecular weight excluding hydrogens is 308 g/mol. The van der Waals surface area contributed by atoms with Gasteiger partial charge in [0, 0.05) is 12.3 Å². The Morgan fingerprint density at radius 2 is 2.09 bits per heavy atom. The van der Waals surface area contributed by atoms with Crippen molar-refractivity contribution in [2.24, 2.45) is 11.8 Å². The lowest BCUT2D eigenvalue weighted by atomic mass is 9.77. The van der Waals surface area contributed by atoms with Gasteiger partial charge < -0.3 is 28.8 Å². The maximum atomic E-state index is 12.4. The van der Waals surface area contributed by atoms with E-state index in [0.29, 0.717) is 0 Å². The summed E-state index contributed by atoms with van der Waals surface area (Å²) in [5.41, 5.74) is 0. The number of carbonyl (C=O) groups is 2. The van der Waals surface area contributed by atoms with Gasteiger partial charge in [0.2, 0.25) is 6.29 Å². The summed E-state index contributed by atoms with van der Waals surface area (Å²) in [6.45, 7) is 4.01. The summed E-state index contributed by atoms with van der Waals surface area (Å²) in [7, 11) is 0. The van der Waals surface area contributed by atoms with Gasteiger partial charge in [-0.05, 0) is 13.8 Å². The molecular formula is C15H20O8. The van der Waals surface area contributed by atoms with E-state index in [1.807, 2.05) is 0 Å². The van der Waals surface area contributed by atoms with E-state index >= 15 is 0 Å². The van der Waals surface area contributed by atoms with Crippen molar-refractivity contribution in [3.05, 3.63) is 11.8 Å². The van der Waals surface area contributed by atoms with Gasteiger partial charge in [0.1, 0.15) is 11.7 Å². The molecule has 0 aliphatic carbocycles. The van der Waals surface area contributed by atoms with Gasteiger partial charge in [-0.2, -0.15) is 0 Å². The molecule has 3 heterocycles. The van der Waals surface area contributed by atoms with E-state index in [4.69, 9.17) is 23.7 Å². The van der Waals surface area contributed by atoms with Crippen molar-refractivity contribution in [3.8, 4) is 0 Å². The predicted molar refractivity (Wildman–Crippen MR) is 73.6 cm³/mol. The van der Waals surface area contributed by atoms with E-state index in [0.717, 1.165) is 6.08 Å². The highest BCUT2D eigenvalue weighted by atomic mass is 16.8. The molecule has 3 saturated heterocycles. The maximum Gasteiger partial charge on any atom is 0.334 e. The number of hydrogen-bond donors (Lipinski definition) is 1. The Morgan fingerprint density at radius 3 is 2.78 bits per heavy atom. The third kappa shape index (κ3) is 2.82. The van der Waals surface area contributed by atoms with Crippen LogP contribution in [-0.2, 0) is 33.3 Å². The van der Waals surface area contributed by atoms with E-state index in [1.165, 1.54) is 0 Å². The number of aliphatic hydroxyl groups is 1. The fourth-order valence-corrected chi connectivity index (χ4v) is 3.29. The molecule has 0 aromatic heterocycles. The monoisotopic (exact) mass is 328 g/mol. The third-order valence-corrected chi connectivity index (χ3v) is 4.20. The number of esters is 2. The molecule has 0 radical (unpaired) electrons. The number of ether oxygens (including phenoxy) is 5.